The van der Waals surface area contributed by atoms with Crippen molar-refractivity contribution in [2.75, 3.05) is 0 Å². The monoisotopic (exact) mass is 450 g/mol. The van der Waals surface area contributed by atoms with E-state index in [4.69, 9.17) is 16.3 Å². The summed E-state index contributed by atoms with van der Waals surface area (Å²) in [6.07, 6.45) is 0.787. The maximum atomic E-state index is 11.1. The number of carbonyl (C=O) groups is 1. The molecule has 0 spiro atoms. The molecule has 5 heteroatoms. The highest BCUT2D eigenvalue weighted by atomic mass is 127. The predicted molar refractivity (Wildman–Crippen MR) is 88.0 cm³/mol. The standard InChI is InChI=1S/C14H9BrClIO2/c15-11-5-10(7-18)14(13(17)6-11)19-8-9-3-1-2-4-12(9)16/h1-7H,8H2. The van der Waals surface area contributed by atoms with Crippen molar-refractivity contribution in [1.82, 2.24) is 0 Å². The van der Waals surface area contributed by atoms with E-state index < -0.39 is 0 Å². The van der Waals surface area contributed by atoms with Gasteiger partial charge in [-0.1, -0.05) is 45.7 Å². The van der Waals surface area contributed by atoms with Crippen LogP contribution in [-0.4, -0.2) is 6.29 Å². The minimum absolute atomic E-state index is 0.331. The first-order valence-electron chi connectivity index (χ1n) is 5.42. The van der Waals surface area contributed by atoms with Crippen LogP contribution in [0.25, 0.3) is 0 Å². The van der Waals surface area contributed by atoms with Crippen molar-refractivity contribution in [2.24, 2.45) is 0 Å². The van der Waals surface area contributed by atoms with Crippen molar-refractivity contribution in [3.63, 3.8) is 0 Å². The number of aldehydes is 1. The van der Waals surface area contributed by atoms with Crippen LogP contribution in [0.3, 0.4) is 0 Å². The predicted octanol–water partition coefficient (Wildman–Crippen LogP) is 5.10. The molecule has 0 amide bonds. The van der Waals surface area contributed by atoms with Gasteiger partial charge in [0.2, 0.25) is 0 Å². The molecular formula is C14H9BrClIO2. The second kappa shape index (κ2) is 6.72. The second-order valence-corrected chi connectivity index (χ2v) is 6.29. The minimum Gasteiger partial charge on any atom is -0.487 e. The van der Waals surface area contributed by atoms with E-state index in [-0.39, 0.29) is 0 Å². The smallest absolute Gasteiger partial charge is 0.153 e. The molecule has 0 aliphatic carbocycles. The van der Waals surface area contributed by atoms with Gasteiger partial charge in [0.15, 0.2) is 6.29 Å². The van der Waals surface area contributed by atoms with Gasteiger partial charge in [-0.05, 0) is 40.8 Å². The molecule has 0 fully saturated rings. The van der Waals surface area contributed by atoms with Gasteiger partial charge in [0, 0.05) is 15.1 Å². The zero-order valence-corrected chi connectivity index (χ0v) is 14.2. The average molecular weight is 451 g/mol. The summed E-state index contributed by atoms with van der Waals surface area (Å²) in [6, 6.07) is 11.1. The van der Waals surface area contributed by atoms with Crippen molar-refractivity contribution in [1.29, 1.82) is 0 Å². The Bertz CT molecular complexity index is 616. The molecule has 0 aromatic heterocycles. The molecule has 0 atom stereocenters. The Morgan fingerprint density at radius 1 is 1.32 bits per heavy atom. The van der Waals surface area contributed by atoms with Crippen molar-refractivity contribution < 1.29 is 9.53 Å². The Morgan fingerprint density at radius 2 is 2.05 bits per heavy atom. The highest BCUT2D eigenvalue weighted by Crippen LogP contribution is 2.30. The van der Waals surface area contributed by atoms with Gasteiger partial charge in [0.05, 0.1) is 9.13 Å². The molecule has 98 valence electrons. The molecule has 2 aromatic carbocycles. The van der Waals surface area contributed by atoms with E-state index in [0.717, 1.165) is 19.9 Å². The lowest BCUT2D eigenvalue weighted by Gasteiger charge is -2.12. The number of benzene rings is 2. The third kappa shape index (κ3) is 3.70. The van der Waals surface area contributed by atoms with E-state index >= 15 is 0 Å². The molecule has 0 saturated carbocycles. The highest BCUT2D eigenvalue weighted by molar-refractivity contribution is 14.1. The van der Waals surface area contributed by atoms with Crippen LogP contribution in [0.15, 0.2) is 40.9 Å². The van der Waals surface area contributed by atoms with E-state index in [1.165, 1.54) is 0 Å². The van der Waals surface area contributed by atoms with Gasteiger partial charge in [-0.25, -0.2) is 0 Å². The van der Waals surface area contributed by atoms with Crippen LogP contribution < -0.4 is 4.74 Å². The Morgan fingerprint density at radius 3 is 2.74 bits per heavy atom. The summed E-state index contributed by atoms with van der Waals surface area (Å²) in [4.78, 5) is 11.1. The fourth-order valence-electron chi connectivity index (χ4n) is 1.59. The topological polar surface area (TPSA) is 26.3 Å². The molecule has 0 saturated heterocycles. The molecule has 0 heterocycles. The molecular weight excluding hydrogens is 442 g/mol. The summed E-state index contributed by atoms with van der Waals surface area (Å²) in [5.41, 5.74) is 1.41. The molecule has 2 rings (SSSR count). The lowest BCUT2D eigenvalue weighted by Crippen LogP contribution is -2.01. The van der Waals surface area contributed by atoms with Crippen LogP contribution in [0.2, 0.25) is 5.02 Å². The first-order chi connectivity index (χ1) is 9.11. The summed E-state index contributed by atoms with van der Waals surface area (Å²) in [5.74, 6) is 0.582. The lowest BCUT2D eigenvalue weighted by molar-refractivity contribution is 0.111. The summed E-state index contributed by atoms with van der Waals surface area (Å²) in [5, 5.41) is 0.655. The van der Waals surface area contributed by atoms with Gasteiger partial charge in [-0.3, -0.25) is 4.79 Å². The third-order valence-corrected chi connectivity index (χ3v) is 4.12. The molecule has 0 unspecified atom stereocenters. The lowest BCUT2D eigenvalue weighted by atomic mass is 10.2. The quantitative estimate of drug-likeness (QED) is 0.478. The van der Waals surface area contributed by atoms with Gasteiger partial charge in [-0.15, -0.1) is 0 Å². The summed E-state index contributed by atoms with van der Waals surface area (Å²) in [6.45, 7) is 0.331. The van der Waals surface area contributed by atoms with Crippen molar-refractivity contribution in [3.8, 4) is 5.75 Å². The van der Waals surface area contributed by atoms with Crippen LogP contribution in [0.5, 0.6) is 5.75 Å². The number of hydrogen-bond acceptors (Lipinski definition) is 2. The molecule has 0 aliphatic rings. The van der Waals surface area contributed by atoms with Crippen molar-refractivity contribution >= 4 is 56.4 Å². The Labute approximate surface area is 138 Å². The molecule has 0 radical (unpaired) electrons. The Kier molecular flexibility index (Phi) is 5.24. The molecule has 0 bridgehead atoms. The van der Waals surface area contributed by atoms with Crippen molar-refractivity contribution in [3.05, 3.63) is 60.6 Å². The third-order valence-electron chi connectivity index (χ3n) is 2.49. The van der Waals surface area contributed by atoms with E-state index in [9.17, 15) is 4.79 Å². The van der Waals surface area contributed by atoms with Crippen LogP contribution in [-0.2, 0) is 6.61 Å². The molecule has 0 N–H and O–H groups in total. The Hall–Kier alpha value is -0.590. The van der Waals surface area contributed by atoms with E-state index in [1.807, 2.05) is 30.3 Å². The summed E-state index contributed by atoms with van der Waals surface area (Å²) >= 11 is 11.6. The zero-order valence-electron chi connectivity index (χ0n) is 9.70. The van der Waals surface area contributed by atoms with Gasteiger partial charge in [0.1, 0.15) is 12.4 Å². The fourth-order valence-corrected chi connectivity index (χ4v) is 3.48. The SMILES string of the molecule is O=Cc1cc(Br)cc(I)c1OCc1ccccc1Cl. The maximum Gasteiger partial charge on any atom is 0.153 e. The van der Waals surface area contributed by atoms with Gasteiger partial charge < -0.3 is 4.74 Å². The number of halogens is 3. The Balaban J connectivity index is 2.25. The summed E-state index contributed by atoms with van der Waals surface area (Å²) < 4.78 is 7.46. The number of rotatable bonds is 4. The van der Waals surface area contributed by atoms with Crippen LogP contribution in [0.4, 0.5) is 0 Å². The van der Waals surface area contributed by atoms with E-state index in [2.05, 4.69) is 38.5 Å². The largest absolute Gasteiger partial charge is 0.487 e. The second-order valence-electron chi connectivity index (χ2n) is 3.80. The number of hydrogen-bond donors (Lipinski definition) is 0. The minimum atomic E-state index is 0.331. The molecule has 19 heavy (non-hydrogen) atoms. The molecule has 2 aromatic rings. The van der Waals surface area contributed by atoms with Crippen LogP contribution >= 0.6 is 50.1 Å². The first kappa shape index (κ1) is 14.8. The molecule has 0 aliphatic heterocycles. The van der Waals surface area contributed by atoms with E-state index in [0.29, 0.717) is 22.9 Å². The zero-order chi connectivity index (χ0) is 13.8. The fraction of sp³-hybridized carbons (Fsp3) is 0.0714. The van der Waals surface area contributed by atoms with Gasteiger partial charge >= 0.3 is 0 Å². The van der Waals surface area contributed by atoms with Crippen LogP contribution in [0, 0.1) is 3.57 Å². The number of ether oxygens (including phenoxy) is 1. The highest BCUT2D eigenvalue weighted by Gasteiger charge is 2.10. The van der Waals surface area contributed by atoms with Gasteiger partial charge in [0.25, 0.3) is 0 Å². The maximum absolute atomic E-state index is 11.1. The summed E-state index contributed by atoms with van der Waals surface area (Å²) in [7, 11) is 0. The van der Waals surface area contributed by atoms with Gasteiger partial charge in [-0.2, -0.15) is 0 Å². The average Bonchev–Trinajstić information content (AvgIpc) is 2.38. The van der Waals surface area contributed by atoms with E-state index in [1.54, 1.807) is 6.07 Å². The van der Waals surface area contributed by atoms with Crippen molar-refractivity contribution in [2.45, 2.75) is 6.61 Å². The van der Waals surface area contributed by atoms with Crippen LogP contribution in [0.1, 0.15) is 15.9 Å². The first-order valence-corrected chi connectivity index (χ1v) is 7.67. The number of carbonyl (C=O) groups excluding carboxylic acids is 1. The normalized spacial score (nSPS) is 10.3. The molecule has 2 nitrogen and oxygen atoms in total.